The van der Waals surface area contributed by atoms with Crippen molar-refractivity contribution in [2.45, 2.75) is 26.9 Å². The lowest BCUT2D eigenvalue weighted by atomic mass is 10.3. The molecule has 0 aromatic heterocycles. The van der Waals surface area contributed by atoms with Gasteiger partial charge in [-0.25, -0.2) is 0 Å². The van der Waals surface area contributed by atoms with Gasteiger partial charge in [0.25, 0.3) is 0 Å². The number of alkyl halides is 2. The lowest BCUT2D eigenvalue weighted by molar-refractivity contribution is -0.0498. The fraction of sp³-hybridized carbons (Fsp3) is 0.533. The molecule has 0 aliphatic heterocycles. The van der Waals surface area contributed by atoms with Crippen molar-refractivity contribution in [3.63, 3.8) is 0 Å². The van der Waals surface area contributed by atoms with Crippen molar-refractivity contribution in [2.24, 2.45) is 0 Å². The van der Waals surface area contributed by atoms with Gasteiger partial charge in [-0.05, 0) is 62.5 Å². The van der Waals surface area contributed by atoms with E-state index >= 15 is 0 Å². The van der Waals surface area contributed by atoms with Crippen LogP contribution in [-0.2, 0) is 0 Å². The lowest BCUT2D eigenvalue weighted by Crippen LogP contribution is -2.32. The van der Waals surface area contributed by atoms with Gasteiger partial charge in [0.2, 0.25) is 0 Å². The van der Waals surface area contributed by atoms with Gasteiger partial charge in [0.1, 0.15) is 5.75 Å². The molecule has 0 aliphatic rings. The largest absolute Gasteiger partial charge is 0.435 e. The van der Waals surface area contributed by atoms with Crippen LogP contribution in [0, 0.1) is 0 Å². The fourth-order valence-corrected chi connectivity index (χ4v) is 2.16. The van der Waals surface area contributed by atoms with E-state index in [4.69, 9.17) is 12.2 Å². The average Bonchev–Trinajstić information content (AvgIpc) is 2.49. The Morgan fingerprint density at radius 1 is 1.23 bits per heavy atom. The monoisotopic (exact) mass is 331 g/mol. The van der Waals surface area contributed by atoms with Gasteiger partial charge < -0.3 is 20.3 Å². The Balaban J connectivity index is 2.27. The smallest absolute Gasteiger partial charge is 0.387 e. The Morgan fingerprint density at radius 3 is 2.41 bits per heavy atom. The molecule has 0 atom stereocenters. The number of thiocarbonyl (C=S) groups is 1. The first kappa shape index (κ1) is 18.6. The molecule has 7 heteroatoms. The topological polar surface area (TPSA) is 36.5 Å². The Morgan fingerprint density at radius 2 is 1.86 bits per heavy atom. The summed E-state index contributed by atoms with van der Waals surface area (Å²) in [6.07, 6.45) is 1.00. The van der Waals surface area contributed by atoms with E-state index in [1.807, 2.05) is 0 Å². The highest BCUT2D eigenvalue weighted by Gasteiger charge is 2.04. The highest BCUT2D eigenvalue weighted by atomic mass is 32.1. The summed E-state index contributed by atoms with van der Waals surface area (Å²) in [4.78, 5) is 2.35. The van der Waals surface area contributed by atoms with Crippen molar-refractivity contribution < 1.29 is 13.5 Å². The number of nitrogens with zero attached hydrogens (tertiary/aromatic N) is 1. The van der Waals surface area contributed by atoms with Crippen LogP contribution in [0.3, 0.4) is 0 Å². The molecule has 124 valence electrons. The summed E-state index contributed by atoms with van der Waals surface area (Å²) in [5.41, 5.74) is 0.725. The van der Waals surface area contributed by atoms with Gasteiger partial charge in [0.15, 0.2) is 5.11 Å². The average molecular weight is 331 g/mol. The zero-order chi connectivity index (χ0) is 16.4. The Kier molecular flexibility index (Phi) is 8.69. The minimum absolute atomic E-state index is 0.124. The van der Waals surface area contributed by atoms with Crippen molar-refractivity contribution in [2.75, 3.05) is 31.5 Å². The molecule has 0 bridgehead atoms. The normalized spacial score (nSPS) is 10.8. The molecule has 0 fully saturated rings. The fourth-order valence-electron chi connectivity index (χ4n) is 1.94. The molecule has 1 aromatic rings. The van der Waals surface area contributed by atoms with Crippen molar-refractivity contribution in [3.8, 4) is 5.75 Å². The first-order chi connectivity index (χ1) is 10.5. The number of ether oxygens (including phenoxy) is 1. The van der Waals surface area contributed by atoms with Crippen LogP contribution in [0.4, 0.5) is 14.5 Å². The van der Waals surface area contributed by atoms with E-state index in [1.54, 1.807) is 12.1 Å². The standard InChI is InChI=1S/C15H23F2N3OS/c1-3-20(4-2)11-5-10-18-15(22)19-12-6-8-13(9-7-12)21-14(16)17/h6-9,14H,3-5,10-11H2,1-2H3,(H2,18,19,22). The number of anilines is 1. The molecule has 0 unspecified atom stereocenters. The second-order valence-corrected chi connectivity index (χ2v) is 5.07. The van der Waals surface area contributed by atoms with Crippen molar-refractivity contribution in [3.05, 3.63) is 24.3 Å². The highest BCUT2D eigenvalue weighted by Crippen LogP contribution is 2.17. The second-order valence-electron chi connectivity index (χ2n) is 4.66. The minimum Gasteiger partial charge on any atom is -0.435 e. The first-order valence-corrected chi connectivity index (χ1v) is 7.78. The molecular weight excluding hydrogens is 308 g/mol. The maximum Gasteiger partial charge on any atom is 0.387 e. The molecule has 4 nitrogen and oxygen atoms in total. The van der Waals surface area contributed by atoms with E-state index in [0.29, 0.717) is 5.11 Å². The molecule has 0 saturated carbocycles. The van der Waals surface area contributed by atoms with Gasteiger partial charge in [-0.15, -0.1) is 0 Å². The second kappa shape index (κ2) is 10.3. The van der Waals surface area contributed by atoms with Crippen LogP contribution in [0.15, 0.2) is 24.3 Å². The third kappa shape index (κ3) is 7.51. The van der Waals surface area contributed by atoms with Crippen LogP contribution >= 0.6 is 12.2 Å². The Labute approximate surface area is 135 Å². The van der Waals surface area contributed by atoms with Crippen molar-refractivity contribution >= 4 is 23.0 Å². The molecule has 0 spiro atoms. The van der Waals surface area contributed by atoms with Gasteiger partial charge in [-0.1, -0.05) is 13.8 Å². The van der Waals surface area contributed by atoms with Crippen LogP contribution in [0.2, 0.25) is 0 Å². The molecular formula is C15H23F2N3OS. The molecule has 2 N–H and O–H groups in total. The first-order valence-electron chi connectivity index (χ1n) is 7.37. The predicted octanol–water partition coefficient (Wildman–Crippen LogP) is 3.31. The van der Waals surface area contributed by atoms with E-state index in [1.165, 1.54) is 12.1 Å². The molecule has 22 heavy (non-hydrogen) atoms. The van der Waals surface area contributed by atoms with Crippen LogP contribution in [-0.4, -0.2) is 42.8 Å². The van der Waals surface area contributed by atoms with Crippen LogP contribution in [0.5, 0.6) is 5.75 Å². The molecule has 0 heterocycles. The van der Waals surface area contributed by atoms with Crippen molar-refractivity contribution in [1.82, 2.24) is 10.2 Å². The molecule has 0 aliphatic carbocycles. The summed E-state index contributed by atoms with van der Waals surface area (Å²) in [6.45, 7) is 5.39. The number of hydrogen-bond donors (Lipinski definition) is 2. The predicted molar refractivity (Wildman–Crippen MR) is 89.7 cm³/mol. The summed E-state index contributed by atoms with van der Waals surface area (Å²) in [5, 5.41) is 6.64. The molecule has 0 amide bonds. The van der Waals surface area contributed by atoms with E-state index in [9.17, 15) is 8.78 Å². The van der Waals surface area contributed by atoms with Gasteiger partial charge in [-0.3, -0.25) is 0 Å². The van der Waals surface area contributed by atoms with Crippen LogP contribution in [0.1, 0.15) is 20.3 Å². The highest BCUT2D eigenvalue weighted by molar-refractivity contribution is 7.80. The van der Waals surface area contributed by atoms with E-state index in [2.05, 4.69) is 34.1 Å². The Hall–Kier alpha value is -1.47. The van der Waals surface area contributed by atoms with Crippen molar-refractivity contribution in [1.29, 1.82) is 0 Å². The molecule has 0 saturated heterocycles. The van der Waals surface area contributed by atoms with Crippen LogP contribution in [0.25, 0.3) is 0 Å². The lowest BCUT2D eigenvalue weighted by Gasteiger charge is -2.18. The third-order valence-electron chi connectivity index (χ3n) is 3.17. The summed E-state index contributed by atoms with van der Waals surface area (Å²) >= 11 is 5.19. The minimum atomic E-state index is -2.81. The zero-order valence-electron chi connectivity index (χ0n) is 12.9. The van der Waals surface area contributed by atoms with E-state index < -0.39 is 6.61 Å². The summed E-state index contributed by atoms with van der Waals surface area (Å²) in [5.74, 6) is 0.124. The maximum absolute atomic E-state index is 12.0. The maximum atomic E-state index is 12.0. The number of hydrogen-bond acceptors (Lipinski definition) is 3. The van der Waals surface area contributed by atoms with Gasteiger partial charge in [-0.2, -0.15) is 8.78 Å². The number of halogens is 2. The number of nitrogens with one attached hydrogen (secondary N) is 2. The van der Waals surface area contributed by atoms with Crippen LogP contribution < -0.4 is 15.4 Å². The summed E-state index contributed by atoms with van der Waals surface area (Å²) in [7, 11) is 0. The summed E-state index contributed by atoms with van der Waals surface area (Å²) in [6, 6.07) is 6.22. The number of benzene rings is 1. The van der Waals surface area contributed by atoms with E-state index in [-0.39, 0.29) is 5.75 Å². The van der Waals surface area contributed by atoms with E-state index in [0.717, 1.165) is 38.3 Å². The van der Waals surface area contributed by atoms with Gasteiger partial charge >= 0.3 is 6.61 Å². The molecule has 1 rings (SSSR count). The third-order valence-corrected chi connectivity index (χ3v) is 3.41. The SMILES string of the molecule is CCN(CC)CCCNC(=S)Nc1ccc(OC(F)F)cc1. The molecule has 0 radical (unpaired) electrons. The van der Waals surface area contributed by atoms with Gasteiger partial charge in [0.05, 0.1) is 0 Å². The summed E-state index contributed by atoms with van der Waals surface area (Å²) < 4.78 is 28.4. The Bertz CT molecular complexity index is 439. The number of rotatable bonds is 9. The zero-order valence-corrected chi connectivity index (χ0v) is 13.8. The quantitative estimate of drug-likeness (QED) is 0.536. The molecule has 1 aromatic carbocycles. The van der Waals surface area contributed by atoms with Gasteiger partial charge in [0, 0.05) is 12.2 Å².